The second-order valence-electron chi connectivity index (χ2n) is 26.2. The number of nitrogens with one attached hydrogen (secondary N) is 6. The highest BCUT2D eigenvalue weighted by Gasteiger charge is 2.68. The van der Waals surface area contributed by atoms with E-state index in [0.717, 1.165) is 61.4 Å². The van der Waals surface area contributed by atoms with Crippen LogP contribution in [0.15, 0.2) is 122 Å². The molecule has 0 aliphatic heterocycles. The fourth-order valence-electron chi connectivity index (χ4n) is 16.2. The Kier molecular flexibility index (Phi) is 19.3. The summed E-state index contributed by atoms with van der Waals surface area (Å²) < 4.78 is 25.3. The molecule has 3 aromatic heterocycles. The smallest absolute Gasteiger partial charge is 0.325 e. The third-order valence-corrected chi connectivity index (χ3v) is 20.9. The van der Waals surface area contributed by atoms with Crippen molar-refractivity contribution in [3.63, 3.8) is 0 Å². The van der Waals surface area contributed by atoms with Crippen LogP contribution in [0, 0.1) is 46.3 Å². The van der Waals surface area contributed by atoms with Gasteiger partial charge in [0.2, 0.25) is 17.7 Å². The van der Waals surface area contributed by atoms with E-state index in [1.807, 2.05) is 122 Å². The van der Waals surface area contributed by atoms with Crippen molar-refractivity contribution < 1.29 is 52.5 Å². The molecule has 4 aliphatic rings. The molecule has 11 rings (SSSR count). The van der Waals surface area contributed by atoms with E-state index in [1.165, 1.54) is 0 Å². The number of rotatable bonds is 24. The Labute approximate surface area is 523 Å². The topological polar surface area (TPSA) is 318 Å². The van der Waals surface area contributed by atoms with Gasteiger partial charge in [-0.3, -0.25) is 33.6 Å². The first-order valence-corrected chi connectivity index (χ1v) is 31.9. The van der Waals surface area contributed by atoms with Crippen molar-refractivity contribution in [2.45, 2.75) is 141 Å². The van der Waals surface area contributed by atoms with Crippen LogP contribution >= 0.6 is 0 Å². The number of hydrogen-bond donors (Lipinski definition) is 9. The number of fused-ring (bicyclic) bond motifs is 8. The second-order valence-corrected chi connectivity index (χ2v) is 26.2. The first-order chi connectivity index (χ1) is 43.4. The SMILES string of the molecule is C[C@H](CCC(=O)OCc1ccccc1)[C@H]1CC[C@H]2[C@@H]3[C@H](OC(=O)CNC(=O)[C@@H](N)Cc4c[nH]c5ccccc45)C[C@@H]4C[C@H](OC(=O)CNC(=O)[C@@H](N)Cc5c[nH]c6ccccc56)CC[C@]4(C)[C@H]3C[C@H](OC(=O)CNC(=O)[C@@H](N)Cc3c[nH]c4ccccc34)[C@]12C. The minimum Gasteiger partial charge on any atom is -0.461 e. The zero-order valence-electron chi connectivity index (χ0n) is 51.5. The number of aromatic amines is 3. The van der Waals surface area contributed by atoms with Gasteiger partial charge < -0.3 is 67.1 Å². The maximum absolute atomic E-state index is 14.5. The molecule has 0 saturated heterocycles. The molecule has 20 nitrogen and oxygen atoms in total. The van der Waals surface area contributed by atoms with Crippen LogP contribution in [-0.2, 0) is 78.4 Å². The molecule has 4 aromatic carbocycles. The van der Waals surface area contributed by atoms with E-state index in [2.05, 4.69) is 51.7 Å². The third-order valence-electron chi connectivity index (χ3n) is 20.9. The monoisotopic (exact) mass is 1230 g/mol. The normalized spacial score (nSPS) is 25.8. The number of esters is 4. The van der Waals surface area contributed by atoms with Gasteiger partial charge in [0.15, 0.2) is 0 Å². The Bertz CT molecular complexity index is 3730. The van der Waals surface area contributed by atoms with Crippen LogP contribution < -0.4 is 33.2 Å². The van der Waals surface area contributed by atoms with Crippen LogP contribution in [0.4, 0.5) is 0 Å². The minimum absolute atomic E-state index is 0.0361. The summed E-state index contributed by atoms with van der Waals surface area (Å²) in [5.74, 6) is -4.45. The van der Waals surface area contributed by atoms with Gasteiger partial charge in [-0.05, 0) is 146 Å². The Balaban J connectivity index is 0.814. The maximum atomic E-state index is 14.5. The number of para-hydroxylation sites is 3. The van der Waals surface area contributed by atoms with Gasteiger partial charge in [0.25, 0.3) is 0 Å². The molecule has 3 heterocycles. The van der Waals surface area contributed by atoms with Gasteiger partial charge in [-0.1, -0.05) is 106 Å². The third kappa shape index (κ3) is 13.7. The molecule has 4 aliphatic carbocycles. The number of aromatic nitrogens is 3. The van der Waals surface area contributed by atoms with Gasteiger partial charge in [-0.25, -0.2) is 0 Å². The van der Waals surface area contributed by atoms with Crippen molar-refractivity contribution in [3.05, 3.63) is 144 Å². The highest BCUT2D eigenvalue weighted by molar-refractivity contribution is 5.90. The molecule has 4 saturated carbocycles. The van der Waals surface area contributed by atoms with Crippen LogP contribution in [0.5, 0.6) is 0 Å². The summed E-state index contributed by atoms with van der Waals surface area (Å²) in [6, 6.07) is 30.0. The molecule has 7 aromatic rings. The van der Waals surface area contributed by atoms with Crippen molar-refractivity contribution in [1.82, 2.24) is 30.9 Å². The lowest BCUT2D eigenvalue weighted by molar-refractivity contribution is -0.225. The number of amides is 3. The zero-order valence-corrected chi connectivity index (χ0v) is 51.5. The van der Waals surface area contributed by atoms with Gasteiger partial charge in [0.05, 0.1) is 18.1 Å². The lowest BCUT2D eigenvalue weighted by Gasteiger charge is -2.64. The molecular weight excluding hydrogens is 1140 g/mol. The molecular formula is C70H85N9O11. The number of carbonyl (C=O) groups excluding carboxylic acids is 7. The van der Waals surface area contributed by atoms with Crippen LogP contribution in [0.1, 0.15) is 101 Å². The Hall–Kier alpha value is -8.33. The first kappa shape index (κ1) is 63.2. The van der Waals surface area contributed by atoms with Gasteiger partial charge >= 0.3 is 23.9 Å². The zero-order chi connectivity index (χ0) is 63.3. The summed E-state index contributed by atoms with van der Waals surface area (Å²) in [5, 5.41) is 11.1. The molecule has 20 heteroatoms. The largest absolute Gasteiger partial charge is 0.461 e. The summed E-state index contributed by atoms with van der Waals surface area (Å²) in [5.41, 5.74) is 24.5. The predicted molar refractivity (Wildman–Crippen MR) is 339 cm³/mol. The van der Waals surface area contributed by atoms with Crippen LogP contribution in [0.25, 0.3) is 32.7 Å². The summed E-state index contributed by atoms with van der Waals surface area (Å²) in [7, 11) is 0. The van der Waals surface area contributed by atoms with E-state index in [-0.39, 0.29) is 80.3 Å². The van der Waals surface area contributed by atoms with E-state index in [1.54, 1.807) is 0 Å². The maximum Gasteiger partial charge on any atom is 0.325 e. The summed E-state index contributed by atoms with van der Waals surface area (Å²) in [6.45, 7) is 5.51. The summed E-state index contributed by atoms with van der Waals surface area (Å²) >= 11 is 0. The lowest BCUT2D eigenvalue weighted by Crippen LogP contribution is -2.64. The standard InChI is InChI=1S/C70H85N9O11/c1-40(21-24-61(80)87-39-41-13-5-4-6-14-41)50-22-23-51-65-52(32-60(70(50,51)3)90-64(83)38-79-68(86)55(73)29-44-35-76-58-20-12-9-17-49(44)58)69(2)26-25-46(88-62(81)36-77-66(84)53(71)27-42-33-74-56-18-10-7-15-47(42)56)30-45(69)31-59(65)89-63(82)37-78-67(85)54(72)28-43-34-75-57-19-11-8-16-48(43)57/h4-20,33-35,40,45-46,50-55,59-60,65,74-76H,21-32,36-39,71-73H2,1-3H3,(H,77,84)(H,78,85)(H,79,86)/t40-,45+,46-,50-,51+,52+,53+,54+,55+,59-,60+,65+,69+,70-/m1/s1. The number of hydrogen-bond acceptors (Lipinski definition) is 14. The van der Waals surface area contributed by atoms with E-state index < -0.39 is 96.0 Å². The summed E-state index contributed by atoms with van der Waals surface area (Å²) in [6.07, 6.45) is 8.95. The number of H-pyrrole nitrogens is 3. The van der Waals surface area contributed by atoms with E-state index in [9.17, 15) is 33.6 Å². The van der Waals surface area contributed by atoms with E-state index in [0.29, 0.717) is 44.9 Å². The van der Waals surface area contributed by atoms with Crippen LogP contribution in [0.2, 0.25) is 0 Å². The van der Waals surface area contributed by atoms with Gasteiger partial charge in [-0.15, -0.1) is 0 Å². The number of ether oxygens (including phenoxy) is 4. The van der Waals surface area contributed by atoms with Crippen molar-refractivity contribution in [2.24, 2.45) is 63.5 Å². The van der Waals surface area contributed by atoms with Crippen LogP contribution in [0.3, 0.4) is 0 Å². The fourth-order valence-corrected chi connectivity index (χ4v) is 16.2. The van der Waals surface area contributed by atoms with Crippen molar-refractivity contribution >= 4 is 74.3 Å². The molecule has 4 fully saturated rings. The average Bonchev–Trinajstić information content (AvgIpc) is 1.28. The molecule has 12 N–H and O–H groups in total. The predicted octanol–water partition coefficient (Wildman–Crippen LogP) is 7.26. The van der Waals surface area contributed by atoms with Gasteiger partial charge in [0, 0.05) is 69.1 Å². The number of nitrogens with two attached hydrogens (primary N) is 3. The fraction of sp³-hybridized carbons (Fsp3) is 0.471. The van der Waals surface area contributed by atoms with Crippen molar-refractivity contribution in [1.29, 1.82) is 0 Å². The Morgan fingerprint density at radius 2 is 1.03 bits per heavy atom. The minimum atomic E-state index is -0.953. The molecule has 3 amide bonds. The van der Waals surface area contributed by atoms with E-state index in [4.69, 9.17) is 36.1 Å². The average molecular weight is 1230 g/mol. The quantitative estimate of drug-likeness (QED) is 0.0212. The van der Waals surface area contributed by atoms with Gasteiger partial charge in [-0.2, -0.15) is 0 Å². The summed E-state index contributed by atoms with van der Waals surface area (Å²) in [4.78, 5) is 106. The molecule has 0 radical (unpaired) electrons. The van der Waals surface area contributed by atoms with Crippen molar-refractivity contribution in [2.75, 3.05) is 19.6 Å². The molecule has 90 heavy (non-hydrogen) atoms. The molecule has 14 atom stereocenters. The molecule has 0 unspecified atom stereocenters. The highest BCUT2D eigenvalue weighted by Crippen LogP contribution is 2.69. The lowest BCUT2D eigenvalue weighted by atomic mass is 9.43. The Morgan fingerprint density at radius 1 is 0.556 bits per heavy atom. The van der Waals surface area contributed by atoms with Crippen LogP contribution in [-0.4, -0.2) is 113 Å². The van der Waals surface area contributed by atoms with E-state index >= 15 is 0 Å². The molecule has 0 bridgehead atoms. The molecule has 476 valence electrons. The Morgan fingerprint density at radius 3 is 1.56 bits per heavy atom. The highest BCUT2D eigenvalue weighted by atomic mass is 16.6. The molecule has 0 spiro atoms. The number of carbonyl (C=O) groups is 7. The first-order valence-electron chi connectivity index (χ1n) is 31.9. The van der Waals surface area contributed by atoms with Gasteiger partial charge in [0.1, 0.15) is 44.6 Å². The second kappa shape index (κ2) is 27.4. The number of benzene rings is 4. The van der Waals surface area contributed by atoms with Crippen molar-refractivity contribution in [3.8, 4) is 0 Å².